The van der Waals surface area contributed by atoms with E-state index in [1.165, 1.54) is 0 Å². The van der Waals surface area contributed by atoms with Gasteiger partial charge in [0.1, 0.15) is 5.82 Å². The highest BCUT2D eigenvalue weighted by Gasteiger charge is 2.10. The predicted octanol–water partition coefficient (Wildman–Crippen LogP) is 1.34. The van der Waals surface area contributed by atoms with Crippen LogP contribution in [0.2, 0.25) is 0 Å². The minimum Gasteiger partial charge on any atom is -0.325 e. The van der Waals surface area contributed by atoms with Crippen molar-refractivity contribution < 1.29 is 0 Å². The van der Waals surface area contributed by atoms with Crippen LogP contribution in [0.5, 0.6) is 0 Å². The van der Waals surface area contributed by atoms with Crippen LogP contribution in [-0.2, 0) is 20.6 Å². The Morgan fingerprint density at radius 2 is 2.05 bits per heavy atom. The Kier molecular flexibility index (Phi) is 3.21. The minimum atomic E-state index is 0.0154. The molecule has 0 spiro atoms. The van der Waals surface area contributed by atoms with E-state index in [1.807, 2.05) is 49.3 Å². The molecule has 0 aliphatic heterocycles. The maximum absolute atomic E-state index is 11.8. The molecule has 108 valence electrons. The van der Waals surface area contributed by atoms with Crippen molar-refractivity contribution in [3.63, 3.8) is 0 Å². The molecule has 3 aromatic rings. The highest BCUT2D eigenvalue weighted by molar-refractivity contribution is 5.55. The highest BCUT2D eigenvalue weighted by atomic mass is 16.1. The van der Waals surface area contributed by atoms with Crippen LogP contribution in [0.4, 0.5) is 0 Å². The maximum atomic E-state index is 11.8. The van der Waals surface area contributed by atoms with E-state index in [1.54, 1.807) is 22.5 Å². The van der Waals surface area contributed by atoms with E-state index in [2.05, 4.69) is 10.1 Å². The zero-order chi connectivity index (χ0) is 15.0. The predicted molar refractivity (Wildman–Crippen MR) is 80.0 cm³/mol. The Hall–Kier alpha value is -2.63. The molecule has 0 N–H and O–H groups in total. The van der Waals surface area contributed by atoms with Gasteiger partial charge in [0.2, 0.25) is 0 Å². The number of nitrogens with zero attached hydrogens (tertiary/aromatic N) is 5. The molecule has 3 rings (SSSR count). The normalized spacial score (nSPS) is 11.0. The van der Waals surface area contributed by atoms with Gasteiger partial charge in [-0.05, 0) is 19.1 Å². The molecule has 0 bridgehead atoms. The third kappa shape index (κ3) is 2.52. The fraction of sp³-hybridized carbons (Fsp3) is 0.267. The lowest BCUT2D eigenvalue weighted by atomic mass is 10.2. The number of pyridine rings is 1. The van der Waals surface area contributed by atoms with Crippen molar-refractivity contribution in [2.75, 3.05) is 0 Å². The van der Waals surface area contributed by atoms with Crippen LogP contribution in [0, 0.1) is 6.92 Å². The van der Waals surface area contributed by atoms with Gasteiger partial charge in [-0.1, -0.05) is 0 Å². The summed E-state index contributed by atoms with van der Waals surface area (Å²) in [6.45, 7) is 2.47. The average Bonchev–Trinajstić information content (AvgIpc) is 3.05. The molecule has 21 heavy (non-hydrogen) atoms. The molecule has 3 aromatic heterocycles. The third-order valence-corrected chi connectivity index (χ3v) is 3.44. The van der Waals surface area contributed by atoms with Gasteiger partial charge in [-0.15, -0.1) is 0 Å². The quantitative estimate of drug-likeness (QED) is 0.729. The number of imidazole rings is 1. The third-order valence-electron chi connectivity index (χ3n) is 3.44. The first kappa shape index (κ1) is 13.4. The van der Waals surface area contributed by atoms with Gasteiger partial charge in [-0.25, -0.2) is 4.98 Å². The van der Waals surface area contributed by atoms with Crippen molar-refractivity contribution in [1.82, 2.24) is 23.9 Å². The van der Waals surface area contributed by atoms with Crippen LogP contribution in [0.3, 0.4) is 0 Å². The van der Waals surface area contributed by atoms with E-state index >= 15 is 0 Å². The molecule has 6 nitrogen and oxygen atoms in total. The van der Waals surface area contributed by atoms with Crippen molar-refractivity contribution >= 4 is 0 Å². The second-order valence-corrected chi connectivity index (χ2v) is 5.19. The Labute approximate surface area is 122 Å². The topological polar surface area (TPSA) is 57.6 Å². The van der Waals surface area contributed by atoms with E-state index in [9.17, 15) is 4.79 Å². The SMILES string of the molecule is Cc1cc(-c2nccn2Cc2ccn(C)n2)cn(C)c1=O. The van der Waals surface area contributed by atoms with Crippen LogP contribution in [0.25, 0.3) is 11.4 Å². The van der Waals surface area contributed by atoms with E-state index in [4.69, 9.17) is 0 Å². The first-order valence-electron chi connectivity index (χ1n) is 6.72. The van der Waals surface area contributed by atoms with E-state index in [-0.39, 0.29) is 5.56 Å². The minimum absolute atomic E-state index is 0.0154. The molecule has 0 amide bonds. The maximum Gasteiger partial charge on any atom is 0.253 e. The van der Waals surface area contributed by atoms with Crippen LogP contribution in [-0.4, -0.2) is 23.9 Å². The monoisotopic (exact) mass is 283 g/mol. The zero-order valence-corrected chi connectivity index (χ0v) is 12.3. The Morgan fingerprint density at radius 3 is 2.71 bits per heavy atom. The zero-order valence-electron chi connectivity index (χ0n) is 12.3. The fourth-order valence-electron chi connectivity index (χ4n) is 2.42. The molecular formula is C15H17N5O. The van der Waals surface area contributed by atoms with Gasteiger partial charge >= 0.3 is 0 Å². The van der Waals surface area contributed by atoms with Crippen LogP contribution < -0.4 is 5.56 Å². The summed E-state index contributed by atoms with van der Waals surface area (Å²) in [4.78, 5) is 16.2. The molecule has 0 aromatic carbocycles. The first-order valence-corrected chi connectivity index (χ1v) is 6.72. The lowest BCUT2D eigenvalue weighted by Crippen LogP contribution is -2.18. The van der Waals surface area contributed by atoms with Crippen LogP contribution in [0.1, 0.15) is 11.3 Å². The van der Waals surface area contributed by atoms with Gasteiger partial charge < -0.3 is 9.13 Å². The van der Waals surface area contributed by atoms with Gasteiger partial charge in [-0.2, -0.15) is 5.10 Å². The Balaban J connectivity index is 2.01. The van der Waals surface area contributed by atoms with Gasteiger partial charge in [-0.3, -0.25) is 9.48 Å². The molecule has 0 atom stereocenters. The molecule has 0 saturated carbocycles. The summed E-state index contributed by atoms with van der Waals surface area (Å²) >= 11 is 0. The molecule has 6 heteroatoms. The fourth-order valence-corrected chi connectivity index (χ4v) is 2.42. The molecule has 0 radical (unpaired) electrons. The average molecular weight is 283 g/mol. The van der Waals surface area contributed by atoms with Gasteiger partial charge in [0.25, 0.3) is 5.56 Å². The number of aryl methyl sites for hydroxylation is 3. The molecule has 0 fully saturated rings. The summed E-state index contributed by atoms with van der Waals surface area (Å²) in [5, 5.41) is 4.38. The molecule has 0 aliphatic carbocycles. The van der Waals surface area contributed by atoms with E-state index in [0.717, 1.165) is 17.1 Å². The number of aromatic nitrogens is 5. The smallest absolute Gasteiger partial charge is 0.253 e. The van der Waals surface area contributed by atoms with E-state index < -0.39 is 0 Å². The number of hydrogen-bond donors (Lipinski definition) is 0. The lowest BCUT2D eigenvalue weighted by molar-refractivity contribution is 0.708. The Bertz CT molecular complexity index is 814. The molecular weight excluding hydrogens is 266 g/mol. The van der Waals surface area contributed by atoms with Crippen molar-refractivity contribution in [3.8, 4) is 11.4 Å². The summed E-state index contributed by atoms with van der Waals surface area (Å²) in [6, 6.07) is 3.86. The molecule has 0 saturated heterocycles. The number of rotatable bonds is 3. The summed E-state index contributed by atoms with van der Waals surface area (Å²) in [6.07, 6.45) is 7.41. The van der Waals surface area contributed by atoms with Crippen LogP contribution >= 0.6 is 0 Å². The van der Waals surface area contributed by atoms with Crippen molar-refractivity contribution in [2.24, 2.45) is 14.1 Å². The van der Waals surface area contributed by atoms with Crippen molar-refractivity contribution in [3.05, 3.63) is 58.5 Å². The van der Waals surface area contributed by atoms with E-state index in [0.29, 0.717) is 12.1 Å². The lowest BCUT2D eigenvalue weighted by Gasteiger charge is -2.08. The molecule has 0 unspecified atom stereocenters. The van der Waals surface area contributed by atoms with Crippen molar-refractivity contribution in [1.29, 1.82) is 0 Å². The van der Waals surface area contributed by atoms with Gasteiger partial charge in [0.15, 0.2) is 0 Å². The Morgan fingerprint density at radius 1 is 1.24 bits per heavy atom. The number of hydrogen-bond acceptors (Lipinski definition) is 3. The summed E-state index contributed by atoms with van der Waals surface area (Å²) in [7, 11) is 3.65. The van der Waals surface area contributed by atoms with Crippen LogP contribution in [0.15, 0.2) is 41.7 Å². The second kappa shape index (κ2) is 5.05. The summed E-state index contributed by atoms with van der Waals surface area (Å²) < 4.78 is 5.40. The standard InChI is InChI=1S/C15H17N5O/c1-11-8-12(9-18(2)15(11)21)14-16-5-7-20(14)10-13-4-6-19(3)17-13/h4-9H,10H2,1-3H3. The molecule has 0 aliphatic rings. The summed E-state index contributed by atoms with van der Waals surface area (Å²) in [5.41, 5.74) is 2.62. The van der Waals surface area contributed by atoms with Gasteiger partial charge in [0, 0.05) is 50.0 Å². The molecule has 3 heterocycles. The van der Waals surface area contributed by atoms with Crippen molar-refractivity contribution in [2.45, 2.75) is 13.5 Å². The first-order chi connectivity index (χ1) is 10.0. The highest BCUT2D eigenvalue weighted by Crippen LogP contribution is 2.18. The largest absolute Gasteiger partial charge is 0.325 e. The summed E-state index contributed by atoms with van der Waals surface area (Å²) in [5.74, 6) is 0.833. The second-order valence-electron chi connectivity index (χ2n) is 5.19. The van der Waals surface area contributed by atoms with Gasteiger partial charge in [0.05, 0.1) is 12.2 Å².